The monoisotopic (exact) mass is 127 g/mol. The molecule has 5 nitrogen and oxygen atoms in total. The first kappa shape index (κ1) is 10.9. The average molecular weight is 127 g/mol. The number of rotatable bonds is 1. The number of hydrogen-bond acceptors (Lipinski definition) is 3. The Balaban J connectivity index is 0. The Morgan fingerprint density at radius 2 is 1.88 bits per heavy atom. The Hall–Kier alpha value is 0. The van der Waals surface area contributed by atoms with Crippen LogP contribution in [0.2, 0.25) is 0 Å². The van der Waals surface area contributed by atoms with E-state index >= 15 is 0 Å². The van der Waals surface area contributed by atoms with Crippen LogP contribution in [0.4, 0.5) is 0 Å². The van der Waals surface area contributed by atoms with Crippen LogP contribution in [-0.2, 0) is 0 Å². The third kappa shape index (κ3) is 4.17. The molecule has 0 unspecified atom stereocenters. The summed E-state index contributed by atoms with van der Waals surface area (Å²) in [6, 6.07) is 0. The van der Waals surface area contributed by atoms with Gasteiger partial charge in [-0.15, -0.1) is 0 Å². The third-order valence-electron chi connectivity index (χ3n) is 0.412. The van der Waals surface area contributed by atoms with Gasteiger partial charge in [-0.05, 0) is 5.28 Å². The molecule has 0 aliphatic heterocycles. The summed E-state index contributed by atoms with van der Waals surface area (Å²) in [6.07, 6.45) is 0. The molecule has 0 aliphatic rings. The smallest absolute Gasteiger partial charge is 0.737 e. The van der Waals surface area contributed by atoms with Gasteiger partial charge in [0.2, 0.25) is 0 Å². The van der Waals surface area contributed by atoms with Crippen molar-refractivity contribution in [3.8, 4) is 0 Å². The van der Waals surface area contributed by atoms with Gasteiger partial charge >= 0.3 is 29.6 Å². The number of hydrazine groups is 1. The van der Waals surface area contributed by atoms with Gasteiger partial charge < -0.3 is 10.4 Å². The fourth-order valence-corrected chi connectivity index (χ4v) is 0.0730. The maximum Gasteiger partial charge on any atom is 1.00 e. The second-order valence-electron chi connectivity index (χ2n) is 1.18. The van der Waals surface area contributed by atoms with E-state index in [-0.39, 0.29) is 34.5 Å². The first-order valence-electron chi connectivity index (χ1n) is 1.66. The summed E-state index contributed by atoms with van der Waals surface area (Å²) in [7, 11) is 2.85. The fourth-order valence-electron chi connectivity index (χ4n) is 0.0730. The van der Waals surface area contributed by atoms with Crippen LogP contribution >= 0.6 is 0 Å². The van der Waals surface area contributed by atoms with Crippen LogP contribution in [0.5, 0.6) is 0 Å². The van der Waals surface area contributed by atoms with Crippen LogP contribution in [0, 0.1) is 10.4 Å². The quantitative estimate of drug-likeness (QED) is 0.162. The topological polar surface area (TPSA) is 64.7 Å². The molecule has 0 amide bonds. The van der Waals surface area contributed by atoms with Crippen molar-refractivity contribution in [1.29, 1.82) is 0 Å². The van der Waals surface area contributed by atoms with Crippen LogP contribution in [0.25, 0.3) is 0 Å². The molecule has 0 atom stereocenters. The van der Waals surface area contributed by atoms with Crippen molar-refractivity contribution >= 4 is 0 Å². The minimum absolute atomic E-state index is 0. The normalized spacial score (nSPS) is 10.0. The molecule has 0 radical (unpaired) electrons. The van der Waals surface area contributed by atoms with Gasteiger partial charge in [-0.1, -0.05) is 0 Å². The minimum Gasteiger partial charge on any atom is -0.737 e. The molecule has 0 aromatic heterocycles. The van der Waals surface area contributed by atoms with E-state index in [9.17, 15) is 10.4 Å². The molecule has 8 heavy (non-hydrogen) atoms. The molecule has 0 fully saturated rings. The summed E-state index contributed by atoms with van der Waals surface area (Å²) in [5.41, 5.74) is 0. The van der Waals surface area contributed by atoms with Crippen molar-refractivity contribution in [3.63, 3.8) is 0 Å². The van der Waals surface area contributed by atoms with E-state index in [1.807, 2.05) is 5.28 Å². The summed E-state index contributed by atoms with van der Waals surface area (Å²) in [6.45, 7) is 0. The number of hydrogen-bond donors (Lipinski definition) is 0. The molecule has 0 rings (SSSR count). The van der Waals surface area contributed by atoms with Gasteiger partial charge in [-0.25, -0.2) is 0 Å². The van der Waals surface area contributed by atoms with E-state index in [1.165, 1.54) is 14.1 Å². The van der Waals surface area contributed by atoms with Crippen molar-refractivity contribution in [2.45, 2.75) is 0 Å². The Morgan fingerprint density at radius 3 is 1.88 bits per heavy atom. The zero-order valence-electron chi connectivity index (χ0n) is 5.16. The fraction of sp³-hybridized carbons (Fsp3) is 1.00. The van der Waals surface area contributed by atoms with Crippen LogP contribution in [0.1, 0.15) is 0 Å². The van der Waals surface area contributed by atoms with Crippen molar-refractivity contribution in [3.05, 3.63) is 10.4 Å². The van der Waals surface area contributed by atoms with Crippen molar-refractivity contribution in [2.75, 3.05) is 14.1 Å². The molecule has 6 heteroatoms. The second-order valence-corrected chi connectivity index (χ2v) is 1.18. The Morgan fingerprint density at radius 1 is 1.50 bits per heavy atom. The molecule has 0 aliphatic carbocycles. The van der Waals surface area contributed by atoms with Crippen molar-refractivity contribution < 1.29 is 34.5 Å². The van der Waals surface area contributed by atoms with Gasteiger partial charge in [0.15, 0.2) is 0 Å². The molecular formula is C2H6N3NaO2. The molecule has 42 valence electrons. The van der Waals surface area contributed by atoms with Crippen LogP contribution in [0.15, 0.2) is 5.28 Å². The Bertz CT molecular complexity index is 83.4. The molecule has 0 spiro atoms. The minimum atomic E-state index is -0.0556. The van der Waals surface area contributed by atoms with E-state index in [1.54, 1.807) is 0 Å². The van der Waals surface area contributed by atoms with E-state index in [2.05, 4.69) is 0 Å². The SMILES string of the molecule is CN(C)/[N+]([O-])=N/[O-].[Na+]. The van der Waals surface area contributed by atoms with Gasteiger partial charge in [0, 0.05) is 4.97 Å². The number of nitrogens with zero attached hydrogens (tertiary/aromatic N) is 3. The molecule has 0 aromatic carbocycles. The molecule has 0 saturated carbocycles. The Kier molecular flexibility index (Phi) is 7.00. The summed E-state index contributed by atoms with van der Waals surface area (Å²) in [5.74, 6) is 0. The van der Waals surface area contributed by atoms with Crippen LogP contribution in [-0.4, -0.2) is 24.1 Å². The zero-order chi connectivity index (χ0) is 5.86. The summed E-state index contributed by atoms with van der Waals surface area (Å²) >= 11 is 0. The van der Waals surface area contributed by atoms with Crippen molar-refractivity contribution in [2.24, 2.45) is 5.28 Å². The summed E-state index contributed by atoms with van der Waals surface area (Å²) in [4.78, 5) is -0.0556. The molecule has 0 bridgehead atoms. The average Bonchev–Trinajstić information content (AvgIpc) is 1.65. The Labute approximate surface area is 69.4 Å². The maximum atomic E-state index is 9.88. The predicted molar refractivity (Wildman–Crippen MR) is 23.1 cm³/mol. The first-order valence-corrected chi connectivity index (χ1v) is 1.66. The molecule has 0 saturated heterocycles. The van der Waals surface area contributed by atoms with E-state index < -0.39 is 0 Å². The second kappa shape index (κ2) is 5.14. The first-order chi connectivity index (χ1) is 3.18. The van der Waals surface area contributed by atoms with Gasteiger partial charge in [0.1, 0.15) is 0 Å². The molecule has 0 N–H and O–H groups in total. The standard InChI is InChI=1S/C2H7N3O2.Na/c1-4(2)5(7)3-6;/h6H,1-2H3;/q;+1/p-1/b5-3-;. The van der Waals surface area contributed by atoms with Gasteiger partial charge in [-0.3, -0.25) is 0 Å². The van der Waals surface area contributed by atoms with E-state index in [0.29, 0.717) is 0 Å². The van der Waals surface area contributed by atoms with Gasteiger partial charge in [0.05, 0.1) is 14.1 Å². The predicted octanol–water partition coefficient (Wildman–Crippen LogP) is -3.07. The molecule has 0 aromatic rings. The largest absolute Gasteiger partial charge is 1.00 e. The van der Waals surface area contributed by atoms with E-state index in [4.69, 9.17) is 0 Å². The van der Waals surface area contributed by atoms with Gasteiger partial charge in [-0.2, -0.15) is 5.01 Å². The zero-order valence-corrected chi connectivity index (χ0v) is 7.16. The molecule has 0 heterocycles. The molecular weight excluding hydrogens is 121 g/mol. The van der Waals surface area contributed by atoms with Crippen LogP contribution in [0.3, 0.4) is 0 Å². The summed E-state index contributed by atoms with van der Waals surface area (Å²) in [5, 5.41) is 22.2. The third-order valence-corrected chi connectivity index (χ3v) is 0.412. The van der Waals surface area contributed by atoms with Crippen molar-refractivity contribution in [1.82, 2.24) is 5.01 Å². The van der Waals surface area contributed by atoms with E-state index in [0.717, 1.165) is 5.01 Å². The summed E-state index contributed by atoms with van der Waals surface area (Å²) < 4.78 is 0. The maximum absolute atomic E-state index is 9.88. The van der Waals surface area contributed by atoms with Gasteiger partial charge in [0.25, 0.3) is 0 Å². The van der Waals surface area contributed by atoms with Crippen LogP contribution < -0.4 is 29.6 Å².